The van der Waals surface area contributed by atoms with Crippen LogP contribution in [-0.2, 0) is 11.0 Å². The van der Waals surface area contributed by atoms with Gasteiger partial charge >= 0.3 is 6.18 Å². The van der Waals surface area contributed by atoms with Gasteiger partial charge in [0.15, 0.2) is 0 Å². The fourth-order valence-corrected chi connectivity index (χ4v) is 2.58. The maximum atomic E-state index is 12.5. The number of hydrogen-bond acceptors (Lipinski definition) is 2. The van der Waals surface area contributed by atoms with Crippen molar-refractivity contribution in [3.8, 4) is 0 Å². The van der Waals surface area contributed by atoms with Crippen LogP contribution in [0.4, 0.5) is 18.9 Å². The molecular weight excluding hydrogens is 305 g/mol. The highest BCUT2D eigenvalue weighted by atomic mass is 35.5. The minimum absolute atomic E-state index is 0.126. The van der Waals surface area contributed by atoms with Crippen LogP contribution in [0.25, 0.3) is 0 Å². The average Bonchev–Trinajstić information content (AvgIpc) is 2.91. The van der Waals surface area contributed by atoms with E-state index in [0.717, 1.165) is 37.8 Å². The lowest BCUT2D eigenvalue weighted by Gasteiger charge is -2.13. The molecule has 0 saturated heterocycles. The smallest absolute Gasteiger partial charge is 0.324 e. The number of rotatable bonds is 4. The summed E-state index contributed by atoms with van der Waals surface area (Å²) in [5.74, 6) is -0.316. The van der Waals surface area contributed by atoms with Gasteiger partial charge in [0.1, 0.15) is 0 Å². The molecule has 2 rings (SSSR count). The molecule has 116 valence electrons. The van der Waals surface area contributed by atoms with Crippen LogP contribution < -0.4 is 10.6 Å². The summed E-state index contributed by atoms with van der Waals surface area (Å²) in [6.07, 6.45) is -0.0348. The van der Waals surface area contributed by atoms with Crippen LogP contribution in [0.1, 0.15) is 31.2 Å². The maximum absolute atomic E-state index is 12.5. The van der Waals surface area contributed by atoms with E-state index in [1.54, 1.807) is 0 Å². The second-order valence-electron chi connectivity index (χ2n) is 5.10. The van der Waals surface area contributed by atoms with E-state index in [4.69, 9.17) is 11.6 Å². The molecule has 0 radical (unpaired) electrons. The normalized spacial score (nSPS) is 16.2. The number of anilines is 1. The first-order chi connectivity index (χ1) is 9.86. The van der Waals surface area contributed by atoms with E-state index < -0.39 is 11.7 Å². The minimum Gasteiger partial charge on any atom is -0.324 e. The molecule has 1 aliphatic rings. The van der Waals surface area contributed by atoms with Gasteiger partial charge in [0, 0.05) is 6.04 Å². The van der Waals surface area contributed by atoms with Gasteiger partial charge in [-0.15, -0.1) is 0 Å². The van der Waals surface area contributed by atoms with Gasteiger partial charge < -0.3 is 10.6 Å². The lowest BCUT2D eigenvalue weighted by molar-refractivity contribution is -0.137. The van der Waals surface area contributed by atoms with Crippen LogP contribution in [0.2, 0.25) is 5.02 Å². The molecule has 1 aliphatic carbocycles. The van der Waals surface area contributed by atoms with Crippen molar-refractivity contribution in [2.45, 2.75) is 37.9 Å². The zero-order valence-corrected chi connectivity index (χ0v) is 12.0. The first kappa shape index (κ1) is 16.1. The molecule has 21 heavy (non-hydrogen) atoms. The van der Waals surface area contributed by atoms with Gasteiger partial charge in [-0.3, -0.25) is 4.79 Å². The molecule has 3 nitrogen and oxygen atoms in total. The third kappa shape index (κ3) is 4.61. The van der Waals surface area contributed by atoms with Gasteiger partial charge in [0.05, 0.1) is 22.8 Å². The van der Waals surface area contributed by atoms with Crippen molar-refractivity contribution < 1.29 is 18.0 Å². The molecule has 0 aromatic heterocycles. The Balaban J connectivity index is 1.91. The monoisotopic (exact) mass is 320 g/mol. The SMILES string of the molecule is O=C(CNC1CCCC1)Nc1ccc(C(F)(F)F)cc1Cl. The fourth-order valence-electron chi connectivity index (χ4n) is 2.35. The Bertz CT molecular complexity index is 513. The van der Waals surface area contributed by atoms with Crippen molar-refractivity contribution >= 4 is 23.2 Å². The Morgan fingerprint density at radius 3 is 2.52 bits per heavy atom. The third-order valence-corrected chi connectivity index (χ3v) is 3.79. The maximum Gasteiger partial charge on any atom is 0.416 e. The van der Waals surface area contributed by atoms with Crippen LogP contribution in [0, 0.1) is 0 Å². The summed E-state index contributed by atoms with van der Waals surface area (Å²) in [7, 11) is 0. The Hall–Kier alpha value is -1.27. The van der Waals surface area contributed by atoms with E-state index in [0.29, 0.717) is 6.04 Å². The molecule has 0 atom stereocenters. The molecule has 2 N–H and O–H groups in total. The van der Waals surface area contributed by atoms with Gasteiger partial charge in [0.2, 0.25) is 5.91 Å². The number of hydrogen-bond donors (Lipinski definition) is 2. The first-order valence-corrected chi connectivity index (χ1v) is 7.14. The van der Waals surface area contributed by atoms with E-state index in [1.165, 1.54) is 6.07 Å². The largest absolute Gasteiger partial charge is 0.416 e. The van der Waals surface area contributed by atoms with Gasteiger partial charge in [-0.2, -0.15) is 13.2 Å². The second kappa shape index (κ2) is 6.66. The van der Waals surface area contributed by atoms with E-state index >= 15 is 0 Å². The third-order valence-electron chi connectivity index (χ3n) is 3.48. The Kier molecular flexibility index (Phi) is 5.11. The molecule has 1 fully saturated rings. The van der Waals surface area contributed by atoms with Crippen LogP contribution in [0.15, 0.2) is 18.2 Å². The molecule has 1 amide bonds. The van der Waals surface area contributed by atoms with Gasteiger partial charge in [-0.05, 0) is 31.0 Å². The van der Waals surface area contributed by atoms with Crippen molar-refractivity contribution in [1.29, 1.82) is 0 Å². The van der Waals surface area contributed by atoms with Crippen LogP contribution in [0.5, 0.6) is 0 Å². The number of halogens is 4. The van der Waals surface area contributed by atoms with Crippen molar-refractivity contribution in [1.82, 2.24) is 5.32 Å². The lowest BCUT2D eigenvalue weighted by atomic mass is 10.2. The summed E-state index contributed by atoms with van der Waals surface area (Å²) in [6, 6.07) is 3.21. The molecule has 1 saturated carbocycles. The Morgan fingerprint density at radius 2 is 1.95 bits per heavy atom. The Labute approximate surface area is 125 Å². The molecule has 0 aliphatic heterocycles. The topological polar surface area (TPSA) is 41.1 Å². The number of alkyl halides is 3. The van der Waals surface area contributed by atoms with E-state index in [2.05, 4.69) is 10.6 Å². The standard InChI is InChI=1S/C14H16ClF3N2O/c15-11-7-9(14(16,17)18)5-6-12(11)20-13(21)8-19-10-3-1-2-4-10/h5-7,10,19H,1-4,8H2,(H,20,21). The summed E-state index contributed by atoms with van der Waals surface area (Å²) in [4.78, 5) is 11.7. The fraction of sp³-hybridized carbons (Fsp3) is 0.500. The minimum atomic E-state index is -4.45. The summed E-state index contributed by atoms with van der Waals surface area (Å²) in [5, 5.41) is 5.51. The molecule has 0 bridgehead atoms. The molecule has 0 heterocycles. The zero-order valence-electron chi connectivity index (χ0n) is 11.3. The summed E-state index contributed by atoms with van der Waals surface area (Å²) < 4.78 is 37.5. The predicted octanol–water partition coefficient (Wildman–Crippen LogP) is 3.83. The first-order valence-electron chi connectivity index (χ1n) is 6.76. The highest BCUT2D eigenvalue weighted by Gasteiger charge is 2.31. The summed E-state index contributed by atoms with van der Waals surface area (Å²) in [6.45, 7) is 0.127. The molecule has 7 heteroatoms. The van der Waals surface area contributed by atoms with Crippen molar-refractivity contribution in [2.75, 3.05) is 11.9 Å². The van der Waals surface area contributed by atoms with Crippen molar-refractivity contribution in [3.63, 3.8) is 0 Å². The predicted molar refractivity (Wildman–Crippen MR) is 75.3 cm³/mol. The molecule has 1 aromatic rings. The Morgan fingerprint density at radius 1 is 1.29 bits per heavy atom. The molecule has 0 unspecified atom stereocenters. The molecule has 0 spiro atoms. The van der Waals surface area contributed by atoms with Gasteiger partial charge in [-0.25, -0.2) is 0 Å². The number of benzene rings is 1. The quantitative estimate of drug-likeness (QED) is 0.885. The van der Waals surface area contributed by atoms with Crippen LogP contribution >= 0.6 is 11.6 Å². The highest BCUT2D eigenvalue weighted by molar-refractivity contribution is 6.33. The van der Waals surface area contributed by atoms with Gasteiger partial charge in [-0.1, -0.05) is 24.4 Å². The van der Waals surface area contributed by atoms with E-state index in [-0.39, 0.29) is 23.2 Å². The van der Waals surface area contributed by atoms with E-state index in [1.807, 2.05) is 0 Å². The van der Waals surface area contributed by atoms with Crippen molar-refractivity contribution in [3.05, 3.63) is 28.8 Å². The summed E-state index contributed by atoms with van der Waals surface area (Å²) in [5.41, 5.74) is -0.655. The van der Waals surface area contributed by atoms with E-state index in [9.17, 15) is 18.0 Å². The summed E-state index contributed by atoms with van der Waals surface area (Å²) >= 11 is 5.77. The molecule has 1 aromatic carbocycles. The number of carbonyl (C=O) groups is 1. The zero-order chi connectivity index (χ0) is 15.5. The average molecular weight is 321 g/mol. The van der Waals surface area contributed by atoms with Gasteiger partial charge in [0.25, 0.3) is 0 Å². The van der Waals surface area contributed by atoms with Crippen LogP contribution in [0.3, 0.4) is 0 Å². The number of carbonyl (C=O) groups excluding carboxylic acids is 1. The second-order valence-corrected chi connectivity index (χ2v) is 5.51. The number of nitrogens with one attached hydrogen (secondary N) is 2. The highest BCUT2D eigenvalue weighted by Crippen LogP contribution is 2.33. The lowest BCUT2D eigenvalue weighted by Crippen LogP contribution is -2.34. The molecular formula is C14H16ClF3N2O. The van der Waals surface area contributed by atoms with Crippen molar-refractivity contribution in [2.24, 2.45) is 0 Å². The van der Waals surface area contributed by atoms with Crippen LogP contribution in [-0.4, -0.2) is 18.5 Å². The number of amides is 1.